The number of sulfone groups is 1. The van der Waals surface area contributed by atoms with Crippen LogP contribution in [0.15, 0.2) is 4.99 Å². The first kappa shape index (κ1) is 22.5. The minimum atomic E-state index is -3.03. The van der Waals surface area contributed by atoms with Crippen molar-refractivity contribution in [1.82, 2.24) is 16.0 Å². The van der Waals surface area contributed by atoms with Gasteiger partial charge in [-0.25, -0.2) is 13.2 Å². The maximum Gasteiger partial charge on any atom is 0.408 e. The molecule has 0 aromatic rings. The van der Waals surface area contributed by atoms with Gasteiger partial charge in [0.05, 0.1) is 17.8 Å². The van der Waals surface area contributed by atoms with Crippen molar-refractivity contribution in [3.8, 4) is 0 Å². The Balaban J connectivity index is 4.65. The zero-order valence-electron chi connectivity index (χ0n) is 15.8. The summed E-state index contributed by atoms with van der Waals surface area (Å²) in [7, 11) is -3.03. The molecule has 0 aliphatic carbocycles. The number of rotatable bonds is 7. The fourth-order valence-electron chi connectivity index (χ4n) is 1.59. The Morgan fingerprint density at radius 2 is 1.71 bits per heavy atom. The van der Waals surface area contributed by atoms with Crippen molar-refractivity contribution in [1.29, 1.82) is 0 Å². The van der Waals surface area contributed by atoms with Crippen LogP contribution in [0, 0.1) is 0 Å². The molecule has 0 saturated heterocycles. The fourth-order valence-corrected chi connectivity index (χ4v) is 2.07. The number of nitrogens with one attached hydrogen (secondary N) is 3. The van der Waals surface area contributed by atoms with Crippen molar-refractivity contribution in [2.45, 2.75) is 52.7 Å². The van der Waals surface area contributed by atoms with E-state index in [1.54, 1.807) is 20.8 Å². The quantitative estimate of drug-likeness (QED) is 0.457. The number of ether oxygens (including phenoxy) is 1. The molecule has 1 amide bonds. The molecule has 3 N–H and O–H groups in total. The van der Waals surface area contributed by atoms with Crippen LogP contribution in [0.1, 0.15) is 41.5 Å². The molecular formula is C15H32N4O4S. The molecule has 0 fully saturated rings. The van der Waals surface area contributed by atoms with Crippen LogP contribution in [0.3, 0.4) is 0 Å². The van der Waals surface area contributed by atoms with Gasteiger partial charge in [-0.2, -0.15) is 0 Å². The Bertz CT molecular complexity index is 536. The molecule has 0 aromatic carbocycles. The topological polar surface area (TPSA) is 109 Å². The summed E-state index contributed by atoms with van der Waals surface area (Å²) >= 11 is 0. The van der Waals surface area contributed by atoms with E-state index in [9.17, 15) is 13.2 Å². The molecule has 0 spiro atoms. The zero-order chi connectivity index (χ0) is 19.0. The Labute approximate surface area is 145 Å². The average Bonchev–Trinajstić information content (AvgIpc) is 2.31. The molecule has 0 heterocycles. The molecule has 0 saturated carbocycles. The Morgan fingerprint density at radius 3 is 2.17 bits per heavy atom. The van der Waals surface area contributed by atoms with Crippen LogP contribution in [-0.2, 0) is 14.6 Å². The van der Waals surface area contributed by atoms with Gasteiger partial charge in [0.25, 0.3) is 0 Å². The predicted molar refractivity (Wildman–Crippen MR) is 97.1 cm³/mol. The van der Waals surface area contributed by atoms with E-state index in [2.05, 4.69) is 20.9 Å². The summed E-state index contributed by atoms with van der Waals surface area (Å²) in [4.78, 5) is 16.2. The van der Waals surface area contributed by atoms with Gasteiger partial charge in [-0.05, 0) is 41.5 Å². The molecule has 0 bridgehead atoms. The number of hydrogen-bond acceptors (Lipinski definition) is 5. The molecule has 8 nitrogen and oxygen atoms in total. The van der Waals surface area contributed by atoms with E-state index in [1.807, 2.05) is 20.8 Å². The van der Waals surface area contributed by atoms with Crippen LogP contribution in [-0.4, -0.2) is 63.3 Å². The number of carbonyl (C=O) groups is 1. The van der Waals surface area contributed by atoms with Gasteiger partial charge < -0.3 is 20.7 Å². The maximum atomic E-state index is 11.8. The van der Waals surface area contributed by atoms with Crippen LogP contribution >= 0.6 is 0 Å². The lowest BCUT2D eigenvalue weighted by atomic mass is 10.1. The van der Waals surface area contributed by atoms with Gasteiger partial charge >= 0.3 is 6.09 Å². The van der Waals surface area contributed by atoms with E-state index >= 15 is 0 Å². The number of carbonyl (C=O) groups excluding carboxylic acids is 1. The first-order chi connectivity index (χ1) is 10.7. The molecule has 0 atom stereocenters. The van der Waals surface area contributed by atoms with Crippen molar-refractivity contribution < 1.29 is 17.9 Å². The molecule has 9 heteroatoms. The summed E-state index contributed by atoms with van der Waals surface area (Å²) in [5.41, 5.74) is -1.17. The second-order valence-electron chi connectivity index (χ2n) is 7.26. The highest BCUT2D eigenvalue weighted by Crippen LogP contribution is 2.09. The van der Waals surface area contributed by atoms with Crippen LogP contribution < -0.4 is 16.0 Å². The van der Waals surface area contributed by atoms with Gasteiger partial charge in [-0.3, -0.25) is 4.99 Å². The van der Waals surface area contributed by atoms with Crippen LogP contribution in [0.4, 0.5) is 4.79 Å². The van der Waals surface area contributed by atoms with E-state index in [0.29, 0.717) is 19.0 Å². The number of alkyl carbamates (subject to hydrolysis) is 1. The van der Waals surface area contributed by atoms with Gasteiger partial charge in [-0.1, -0.05) is 0 Å². The third-order valence-electron chi connectivity index (χ3n) is 2.58. The first-order valence-corrected chi connectivity index (χ1v) is 10.0. The molecule has 142 valence electrons. The second kappa shape index (κ2) is 9.10. The van der Waals surface area contributed by atoms with Crippen molar-refractivity contribution >= 4 is 21.9 Å². The molecule has 0 radical (unpaired) electrons. The Hall–Kier alpha value is -1.51. The summed E-state index contributed by atoms with van der Waals surface area (Å²) in [6.07, 6.45) is 0.685. The van der Waals surface area contributed by atoms with E-state index in [4.69, 9.17) is 4.74 Å². The van der Waals surface area contributed by atoms with Crippen molar-refractivity contribution in [2.24, 2.45) is 4.99 Å². The van der Waals surface area contributed by atoms with Crippen LogP contribution in [0.5, 0.6) is 0 Å². The molecule has 0 aromatic heterocycles. The first-order valence-electron chi connectivity index (χ1n) is 7.95. The fraction of sp³-hybridized carbons (Fsp3) is 0.867. The number of amides is 1. The monoisotopic (exact) mass is 364 g/mol. The Kier molecular flexibility index (Phi) is 8.53. The predicted octanol–water partition coefficient (Wildman–Crippen LogP) is 0.889. The highest BCUT2D eigenvalue weighted by Gasteiger charge is 2.24. The number of nitrogens with zero attached hydrogens (tertiary/aromatic N) is 1. The third kappa shape index (κ3) is 13.0. The lowest BCUT2D eigenvalue weighted by Crippen LogP contribution is -2.49. The summed E-state index contributed by atoms with van der Waals surface area (Å²) < 4.78 is 27.6. The third-order valence-corrected chi connectivity index (χ3v) is 3.53. The van der Waals surface area contributed by atoms with E-state index in [1.165, 1.54) is 6.26 Å². The normalized spacial score (nSPS) is 13.4. The highest BCUT2D eigenvalue weighted by atomic mass is 32.2. The van der Waals surface area contributed by atoms with Gasteiger partial charge in [0.1, 0.15) is 15.4 Å². The standard InChI is InChI=1S/C15H32N4O4S/c1-8-16-12(17-9-10-24(7,21)22)18-11-15(5,6)19-13(20)23-14(2,3)4/h8-11H2,1-7H3,(H,19,20)(H2,16,17,18). The minimum Gasteiger partial charge on any atom is -0.444 e. The van der Waals surface area contributed by atoms with Gasteiger partial charge in [0, 0.05) is 19.3 Å². The number of hydrogen-bond donors (Lipinski definition) is 3. The van der Waals surface area contributed by atoms with Gasteiger partial charge in [0.2, 0.25) is 0 Å². The lowest BCUT2D eigenvalue weighted by Gasteiger charge is -2.27. The van der Waals surface area contributed by atoms with E-state index in [0.717, 1.165) is 0 Å². The van der Waals surface area contributed by atoms with Crippen molar-refractivity contribution in [3.05, 3.63) is 0 Å². The van der Waals surface area contributed by atoms with E-state index < -0.39 is 27.1 Å². The average molecular weight is 365 g/mol. The molecular weight excluding hydrogens is 332 g/mol. The highest BCUT2D eigenvalue weighted by molar-refractivity contribution is 7.90. The second-order valence-corrected chi connectivity index (χ2v) is 9.52. The van der Waals surface area contributed by atoms with Gasteiger partial charge in [-0.15, -0.1) is 0 Å². The molecule has 0 aliphatic heterocycles. The zero-order valence-corrected chi connectivity index (χ0v) is 16.6. The number of aliphatic imine (C=N–C) groups is 1. The molecule has 0 rings (SSSR count). The van der Waals surface area contributed by atoms with Crippen molar-refractivity contribution in [2.75, 3.05) is 31.6 Å². The van der Waals surface area contributed by atoms with Crippen LogP contribution in [0.25, 0.3) is 0 Å². The summed E-state index contributed by atoms with van der Waals surface area (Å²) in [6.45, 7) is 12.2. The lowest BCUT2D eigenvalue weighted by molar-refractivity contribution is 0.0476. The largest absolute Gasteiger partial charge is 0.444 e. The smallest absolute Gasteiger partial charge is 0.408 e. The van der Waals surface area contributed by atoms with Gasteiger partial charge in [0.15, 0.2) is 5.96 Å². The SMILES string of the molecule is CCNC(=NCC(C)(C)NC(=O)OC(C)(C)C)NCCS(C)(=O)=O. The number of guanidine groups is 1. The molecule has 0 aliphatic rings. The van der Waals surface area contributed by atoms with Crippen molar-refractivity contribution in [3.63, 3.8) is 0 Å². The minimum absolute atomic E-state index is 0.0248. The Morgan fingerprint density at radius 1 is 1.12 bits per heavy atom. The van der Waals surface area contributed by atoms with E-state index in [-0.39, 0.29) is 12.3 Å². The van der Waals surface area contributed by atoms with Crippen LogP contribution in [0.2, 0.25) is 0 Å². The summed E-state index contributed by atoms with van der Waals surface area (Å²) in [6, 6.07) is 0. The maximum absolute atomic E-state index is 11.8. The summed E-state index contributed by atoms with van der Waals surface area (Å²) in [5.74, 6) is 0.525. The molecule has 0 unspecified atom stereocenters. The molecule has 24 heavy (non-hydrogen) atoms. The summed E-state index contributed by atoms with van der Waals surface area (Å²) in [5, 5.41) is 8.76.